The van der Waals surface area contributed by atoms with Crippen LogP contribution in [0.25, 0.3) is 0 Å². The number of ketones is 1. The molecule has 2 heterocycles. The molecule has 0 unspecified atom stereocenters. The van der Waals surface area contributed by atoms with Crippen molar-refractivity contribution in [2.45, 2.75) is 6.42 Å². The number of Topliss-reactive ketones (excluding diaryl/α,β-unsaturated/α-hetero) is 1. The topological polar surface area (TPSA) is 73.8 Å². The molecule has 0 amide bonds. The van der Waals surface area contributed by atoms with Crippen molar-refractivity contribution in [3.05, 3.63) is 42.2 Å². The van der Waals surface area contributed by atoms with Gasteiger partial charge in [0.15, 0.2) is 5.82 Å². The fourth-order valence-corrected chi connectivity index (χ4v) is 1.47. The van der Waals surface area contributed by atoms with Gasteiger partial charge < -0.3 is 10.3 Å². The maximum Gasteiger partial charge on any atom is 0.202 e. The van der Waals surface area contributed by atoms with Crippen LogP contribution in [-0.4, -0.2) is 20.3 Å². The van der Waals surface area contributed by atoms with E-state index in [0.717, 1.165) is 5.56 Å². The zero-order valence-corrected chi connectivity index (χ0v) is 8.92. The number of hydrogen-bond acceptors (Lipinski definition) is 4. The van der Waals surface area contributed by atoms with Gasteiger partial charge in [0.25, 0.3) is 0 Å². The average Bonchev–Trinajstić information content (AvgIpc) is 2.68. The highest BCUT2D eigenvalue weighted by Gasteiger charge is 2.13. The van der Waals surface area contributed by atoms with Crippen LogP contribution in [0.15, 0.2) is 30.9 Å². The SMILES string of the molecule is Cn1ccnc1C(=O)Cc1cnccc1N. The number of aryl methyl sites for hydroxylation is 1. The van der Waals surface area contributed by atoms with Crippen LogP contribution >= 0.6 is 0 Å². The van der Waals surface area contributed by atoms with Gasteiger partial charge >= 0.3 is 0 Å². The summed E-state index contributed by atoms with van der Waals surface area (Å²) in [6, 6.07) is 1.68. The Morgan fingerprint density at radius 3 is 2.94 bits per heavy atom. The summed E-state index contributed by atoms with van der Waals surface area (Å²) in [6.45, 7) is 0. The van der Waals surface area contributed by atoms with Crippen LogP contribution in [0.3, 0.4) is 0 Å². The standard InChI is InChI=1S/C11H12N4O/c1-15-5-4-14-11(15)10(16)6-8-7-13-3-2-9(8)12/h2-5,7H,6H2,1H3,(H2,12,13). The van der Waals surface area contributed by atoms with Gasteiger partial charge in [-0.05, 0) is 6.07 Å². The molecule has 2 N–H and O–H groups in total. The van der Waals surface area contributed by atoms with E-state index in [-0.39, 0.29) is 12.2 Å². The summed E-state index contributed by atoms with van der Waals surface area (Å²) >= 11 is 0. The second kappa shape index (κ2) is 4.14. The monoisotopic (exact) mass is 216 g/mol. The lowest BCUT2D eigenvalue weighted by Gasteiger charge is -2.03. The van der Waals surface area contributed by atoms with Gasteiger partial charge in [0.1, 0.15) is 0 Å². The number of anilines is 1. The van der Waals surface area contributed by atoms with E-state index in [1.807, 2.05) is 0 Å². The number of rotatable bonds is 3. The zero-order chi connectivity index (χ0) is 11.5. The molecule has 82 valence electrons. The molecule has 0 fully saturated rings. The molecule has 0 saturated carbocycles. The maximum absolute atomic E-state index is 11.9. The Kier molecular flexibility index (Phi) is 2.68. The first-order chi connectivity index (χ1) is 7.68. The molecular weight excluding hydrogens is 204 g/mol. The van der Waals surface area contributed by atoms with E-state index in [1.165, 1.54) is 0 Å². The van der Waals surface area contributed by atoms with Gasteiger partial charge in [-0.2, -0.15) is 0 Å². The van der Waals surface area contributed by atoms with E-state index in [1.54, 1.807) is 42.5 Å². The molecule has 0 saturated heterocycles. The van der Waals surface area contributed by atoms with Crippen molar-refractivity contribution in [1.82, 2.24) is 14.5 Å². The quantitative estimate of drug-likeness (QED) is 0.771. The van der Waals surface area contributed by atoms with Crippen LogP contribution in [0.4, 0.5) is 5.69 Å². The molecule has 0 radical (unpaired) electrons. The molecule has 0 aliphatic rings. The van der Waals surface area contributed by atoms with Gasteiger partial charge in [-0.15, -0.1) is 0 Å². The first kappa shape index (κ1) is 10.4. The predicted molar refractivity (Wildman–Crippen MR) is 59.9 cm³/mol. The van der Waals surface area contributed by atoms with E-state index in [0.29, 0.717) is 11.5 Å². The molecule has 0 bridgehead atoms. The highest BCUT2D eigenvalue weighted by molar-refractivity contribution is 5.95. The average molecular weight is 216 g/mol. The normalized spacial score (nSPS) is 10.3. The first-order valence-electron chi connectivity index (χ1n) is 4.87. The van der Waals surface area contributed by atoms with Crippen LogP contribution in [0.1, 0.15) is 16.2 Å². The van der Waals surface area contributed by atoms with E-state index in [2.05, 4.69) is 9.97 Å². The molecule has 0 aliphatic heterocycles. The number of pyridine rings is 1. The Bertz CT molecular complexity index is 518. The van der Waals surface area contributed by atoms with Gasteiger partial charge in [0.2, 0.25) is 5.78 Å². The zero-order valence-electron chi connectivity index (χ0n) is 8.92. The molecule has 0 spiro atoms. The highest BCUT2D eigenvalue weighted by Crippen LogP contribution is 2.11. The summed E-state index contributed by atoms with van der Waals surface area (Å²) in [4.78, 5) is 19.8. The van der Waals surface area contributed by atoms with Crippen molar-refractivity contribution in [1.29, 1.82) is 0 Å². The third kappa shape index (κ3) is 1.93. The summed E-state index contributed by atoms with van der Waals surface area (Å²) < 4.78 is 1.69. The number of aromatic nitrogens is 3. The van der Waals surface area contributed by atoms with Gasteiger partial charge in [0, 0.05) is 49.5 Å². The first-order valence-corrected chi connectivity index (χ1v) is 4.87. The summed E-state index contributed by atoms with van der Waals surface area (Å²) in [5, 5.41) is 0. The molecule has 5 nitrogen and oxygen atoms in total. The predicted octanol–water partition coefficient (Wildman–Crippen LogP) is 0.823. The number of nitrogens with zero attached hydrogens (tertiary/aromatic N) is 3. The molecule has 2 aromatic rings. The minimum atomic E-state index is -0.0628. The van der Waals surface area contributed by atoms with E-state index >= 15 is 0 Å². The van der Waals surface area contributed by atoms with E-state index < -0.39 is 0 Å². The van der Waals surface area contributed by atoms with Crippen molar-refractivity contribution >= 4 is 11.5 Å². The Morgan fingerprint density at radius 2 is 2.31 bits per heavy atom. The van der Waals surface area contributed by atoms with Crippen molar-refractivity contribution in [2.24, 2.45) is 7.05 Å². The van der Waals surface area contributed by atoms with Crippen molar-refractivity contribution < 1.29 is 4.79 Å². The second-order valence-electron chi connectivity index (χ2n) is 3.54. The minimum absolute atomic E-state index is 0.0628. The summed E-state index contributed by atoms with van der Waals surface area (Å²) in [6.07, 6.45) is 6.77. The van der Waals surface area contributed by atoms with Gasteiger partial charge in [-0.1, -0.05) is 0 Å². The third-order valence-corrected chi connectivity index (χ3v) is 2.36. The number of carbonyl (C=O) groups excluding carboxylic acids is 1. The van der Waals surface area contributed by atoms with E-state index in [9.17, 15) is 4.79 Å². The fraction of sp³-hybridized carbons (Fsp3) is 0.182. The molecule has 16 heavy (non-hydrogen) atoms. The summed E-state index contributed by atoms with van der Waals surface area (Å²) in [7, 11) is 1.78. The molecular formula is C11H12N4O. The van der Waals surface area contributed by atoms with Gasteiger partial charge in [-0.25, -0.2) is 4.98 Å². The largest absolute Gasteiger partial charge is 0.398 e. The second-order valence-corrected chi connectivity index (χ2v) is 3.54. The lowest BCUT2D eigenvalue weighted by atomic mass is 10.1. The number of carbonyl (C=O) groups is 1. The summed E-state index contributed by atoms with van der Waals surface area (Å²) in [5.74, 6) is 0.371. The van der Waals surface area contributed by atoms with Crippen LogP contribution in [0, 0.1) is 0 Å². The number of imidazole rings is 1. The highest BCUT2D eigenvalue weighted by atomic mass is 16.1. The lowest BCUT2D eigenvalue weighted by molar-refractivity contribution is 0.0980. The number of nitrogen functional groups attached to an aromatic ring is 1. The molecule has 2 rings (SSSR count). The molecule has 2 aromatic heterocycles. The van der Waals surface area contributed by atoms with Crippen molar-refractivity contribution in [3.63, 3.8) is 0 Å². The third-order valence-electron chi connectivity index (χ3n) is 2.36. The Balaban J connectivity index is 2.21. The van der Waals surface area contributed by atoms with E-state index in [4.69, 9.17) is 5.73 Å². The van der Waals surface area contributed by atoms with Crippen LogP contribution in [-0.2, 0) is 13.5 Å². The molecule has 5 heteroatoms. The van der Waals surface area contributed by atoms with Crippen molar-refractivity contribution in [3.8, 4) is 0 Å². The Labute approximate surface area is 92.9 Å². The van der Waals surface area contributed by atoms with Gasteiger partial charge in [-0.3, -0.25) is 9.78 Å². The van der Waals surface area contributed by atoms with Crippen LogP contribution < -0.4 is 5.73 Å². The van der Waals surface area contributed by atoms with Gasteiger partial charge in [0.05, 0.1) is 0 Å². The number of hydrogen-bond donors (Lipinski definition) is 1. The number of nitrogens with two attached hydrogens (primary N) is 1. The van der Waals surface area contributed by atoms with Crippen LogP contribution in [0.2, 0.25) is 0 Å². The Morgan fingerprint density at radius 1 is 1.50 bits per heavy atom. The molecule has 0 aliphatic carbocycles. The smallest absolute Gasteiger partial charge is 0.202 e. The van der Waals surface area contributed by atoms with Crippen molar-refractivity contribution in [2.75, 3.05) is 5.73 Å². The Hall–Kier alpha value is -2.17. The lowest BCUT2D eigenvalue weighted by Crippen LogP contribution is -2.11. The molecule has 0 atom stereocenters. The van der Waals surface area contributed by atoms with Crippen LogP contribution in [0.5, 0.6) is 0 Å². The summed E-state index contributed by atoms with van der Waals surface area (Å²) in [5.41, 5.74) is 7.05. The maximum atomic E-state index is 11.9. The molecule has 0 aromatic carbocycles. The minimum Gasteiger partial charge on any atom is -0.398 e. The fourth-order valence-electron chi connectivity index (χ4n) is 1.47.